The van der Waals surface area contributed by atoms with Gasteiger partial charge in [0.25, 0.3) is 0 Å². The Bertz CT molecular complexity index is 2220. The largest absolute Gasteiger partial charge is 0.381 e. The second-order valence-corrected chi connectivity index (χ2v) is 12.3. The van der Waals surface area contributed by atoms with E-state index in [1.54, 1.807) is 0 Å². The maximum atomic E-state index is 3.75. The smallest absolute Gasteiger partial charge is 0.0468 e. The van der Waals surface area contributed by atoms with E-state index in [1.165, 1.54) is 88.3 Å². The van der Waals surface area contributed by atoms with E-state index in [9.17, 15) is 0 Å². The SMILES string of the molecule is CC1C=C2/C(=C\CNc3ccccc31)C1c3cc4[nH]c5ccccc5c4cc3C2c2cc3c(cc21)[nH]c1ccccc13. The molecule has 5 aromatic carbocycles. The monoisotopic (exact) mass is 539 g/mol. The number of anilines is 1. The summed E-state index contributed by atoms with van der Waals surface area (Å²) in [5.74, 6) is 0.674. The molecule has 7 aromatic rings. The van der Waals surface area contributed by atoms with Crippen LogP contribution in [0.3, 0.4) is 0 Å². The number of fused-ring (bicyclic) bond motifs is 7. The van der Waals surface area contributed by atoms with Crippen LogP contribution in [0.4, 0.5) is 5.69 Å². The van der Waals surface area contributed by atoms with Crippen molar-refractivity contribution in [2.24, 2.45) is 0 Å². The maximum absolute atomic E-state index is 3.75. The summed E-state index contributed by atoms with van der Waals surface area (Å²) in [5, 5.41) is 8.99. The van der Waals surface area contributed by atoms with Crippen LogP contribution >= 0.6 is 0 Å². The Morgan fingerprint density at radius 3 is 1.74 bits per heavy atom. The Labute approximate surface area is 243 Å². The summed E-state index contributed by atoms with van der Waals surface area (Å²) >= 11 is 0. The van der Waals surface area contributed by atoms with Gasteiger partial charge in [0.1, 0.15) is 0 Å². The molecule has 3 aliphatic carbocycles. The molecule has 1 aliphatic heterocycles. The first-order chi connectivity index (χ1) is 20.7. The predicted octanol–water partition coefficient (Wildman–Crippen LogP) is 9.63. The van der Waals surface area contributed by atoms with E-state index in [4.69, 9.17) is 0 Å². The summed E-state index contributed by atoms with van der Waals surface area (Å²) in [7, 11) is 0. The minimum absolute atomic E-state index is 0.188. The minimum Gasteiger partial charge on any atom is -0.381 e. The Morgan fingerprint density at radius 1 is 0.524 bits per heavy atom. The molecular weight excluding hydrogens is 510 g/mol. The van der Waals surface area contributed by atoms with Gasteiger partial charge in [-0.2, -0.15) is 0 Å². The van der Waals surface area contributed by atoms with E-state index >= 15 is 0 Å². The average molecular weight is 540 g/mol. The molecule has 0 amide bonds. The molecule has 2 bridgehead atoms. The number of allylic oxidation sites excluding steroid dienone is 3. The second kappa shape index (κ2) is 8.04. The van der Waals surface area contributed by atoms with Gasteiger partial charge in [-0.05, 0) is 81.4 Å². The van der Waals surface area contributed by atoms with Crippen LogP contribution < -0.4 is 5.32 Å². The first-order valence-corrected chi connectivity index (χ1v) is 15.1. The predicted molar refractivity (Wildman–Crippen MR) is 175 cm³/mol. The Hall–Kier alpha value is -5.02. The standard InChI is InChI=1S/C39H29N3/c1-21-16-28-25(14-15-40-33-11-5-2-8-22(21)33)38-31-19-36-26(23-9-3-6-12-34(23)41-36)17-29(31)39(28)30-18-27-24-10-4-7-13-35(24)42-37(27)20-32(30)38/h2-14,16-21,38-42H,15H2,1H3/b25-14+,28-16?. The molecule has 3 heterocycles. The fraction of sp³-hybridized carbons (Fsp3) is 0.128. The van der Waals surface area contributed by atoms with Crippen LogP contribution in [0, 0.1) is 0 Å². The maximum Gasteiger partial charge on any atom is 0.0468 e. The lowest BCUT2D eigenvalue weighted by Crippen LogP contribution is -2.29. The number of aromatic nitrogens is 2. The molecule has 3 N–H and O–H groups in total. The number of aromatic amines is 2. The Kier molecular flexibility index (Phi) is 4.34. The van der Waals surface area contributed by atoms with Crippen molar-refractivity contribution in [1.29, 1.82) is 0 Å². The van der Waals surface area contributed by atoms with Gasteiger partial charge in [0.05, 0.1) is 0 Å². The van der Waals surface area contributed by atoms with Gasteiger partial charge in [0.15, 0.2) is 0 Å². The number of H-pyrrole nitrogens is 2. The van der Waals surface area contributed by atoms with Crippen LogP contribution in [0.25, 0.3) is 43.6 Å². The van der Waals surface area contributed by atoms with Gasteiger partial charge in [-0.1, -0.05) is 73.7 Å². The van der Waals surface area contributed by atoms with Crippen molar-refractivity contribution in [2.75, 3.05) is 11.9 Å². The molecule has 3 heteroatoms. The summed E-state index contributed by atoms with van der Waals surface area (Å²) in [6, 6.07) is 36.2. The zero-order valence-corrected chi connectivity index (χ0v) is 23.3. The molecule has 4 aliphatic rings. The van der Waals surface area contributed by atoms with E-state index < -0.39 is 0 Å². The van der Waals surface area contributed by atoms with Gasteiger partial charge in [-0.15, -0.1) is 0 Å². The summed E-state index contributed by atoms with van der Waals surface area (Å²) < 4.78 is 0. The highest BCUT2D eigenvalue weighted by Crippen LogP contribution is 2.60. The van der Waals surface area contributed by atoms with Gasteiger partial charge in [-0.25, -0.2) is 0 Å². The van der Waals surface area contributed by atoms with Crippen LogP contribution in [0.2, 0.25) is 0 Å². The first kappa shape index (κ1) is 22.6. The zero-order valence-electron chi connectivity index (χ0n) is 23.3. The van der Waals surface area contributed by atoms with Gasteiger partial charge in [-0.3, -0.25) is 0 Å². The van der Waals surface area contributed by atoms with E-state index in [0.29, 0.717) is 5.92 Å². The summed E-state index contributed by atoms with van der Waals surface area (Å²) in [5.41, 5.74) is 16.2. The molecule has 2 aromatic heterocycles. The van der Waals surface area contributed by atoms with E-state index in [1.807, 2.05) is 0 Å². The molecule has 0 radical (unpaired) electrons. The van der Waals surface area contributed by atoms with Crippen molar-refractivity contribution >= 4 is 49.3 Å². The summed E-state index contributed by atoms with van der Waals surface area (Å²) in [4.78, 5) is 7.46. The third-order valence-corrected chi connectivity index (χ3v) is 10.1. The second-order valence-electron chi connectivity index (χ2n) is 12.3. The van der Waals surface area contributed by atoms with Crippen LogP contribution in [0.1, 0.15) is 52.5 Å². The quantitative estimate of drug-likeness (QED) is 0.176. The number of rotatable bonds is 0. The molecular formula is C39H29N3. The number of hydrogen-bond acceptors (Lipinski definition) is 1. The third-order valence-electron chi connectivity index (χ3n) is 10.1. The highest BCUT2D eigenvalue weighted by atomic mass is 14.9. The molecule has 0 spiro atoms. The molecule has 200 valence electrons. The topological polar surface area (TPSA) is 43.6 Å². The van der Waals surface area contributed by atoms with Crippen LogP contribution in [0.15, 0.2) is 120 Å². The number of benzene rings is 5. The first-order valence-electron chi connectivity index (χ1n) is 15.1. The van der Waals surface area contributed by atoms with Crippen molar-refractivity contribution in [2.45, 2.75) is 24.7 Å². The van der Waals surface area contributed by atoms with Crippen molar-refractivity contribution in [3.8, 4) is 0 Å². The number of nitrogens with one attached hydrogen (secondary N) is 3. The van der Waals surface area contributed by atoms with Gasteiger partial charge in [0.2, 0.25) is 0 Å². The fourth-order valence-corrected chi connectivity index (χ4v) is 8.31. The lowest BCUT2D eigenvalue weighted by Gasteiger charge is -2.44. The van der Waals surface area contributed by atoms with Crippen molar-refractivity contribution in [3.63, 3.8) is 0 Å². The van der Waals surface area contributed by atoms with Crippen molar-refractivity contribution in [3.05, 3.63) is 148 Å². The lowest BCUT2D eigenvalue weighted by atomic mass is 9.58. The summed E-state index contributed by atoms with van der Waals surface area (Å²) in [6.07, 6.45) is 5.04. The van der Waals surface area contributed by atoms with Gasteiger partial charge >= 0.3 is 0 Å². The third kappa shape index (κ3) is 2.90. The van der Waals surface area contributed by atoms with Crippen molar-refractivity contribution in [1.82, 2.24) is 9.97 Å². The zero-order chi connectivity index (χ0) is 27.5. The van der Waals surface area contributed by atoms with Gasteiger partial charge < -0.3 is 15.3 Å². The molecule has 0 fully saturated rings. The molecule has 0 saturated heterocycles. The van der Waals surface area contributed by atoms with E-state index in [0.717, 1.165) is 6.54 Å². The normalized spacial score (nSPS) is 21.9. The fourth-order valence-electron chi connectivity index (χ4n) is 8.31. The van der Waals surface area contributed by atoms with Gasteiger partial charge in [0, 0.05) is 73.6 Å². The highest BCUT2D eigenvalue weighted by molar-refractivity contribution is 6.09. The van der Waals surface area contributed by atoms with Crippen LogP contribution in [0.5, 0.6) is 0 Å². The molecule has 1 atom stereocenters. The Balaban J connectivity index is 1.31. The summed E-state index contributed by atoms with van der Waals surface area (Å²) in [6.45, 7) is 3.17. The molecule has 11 rings (SSSR count). The minimum atomic E-state index is 0.188. The number of para-hydroxylation sites is 3. The Morgan fingerprint density at radius 2 is 1.07 bits per heavy atom. The molecule has 0 saturated carbocycles. The van der Waals surface area contributed by atoms with Crippen LogP contribution in [-0.2, 0) is 0 Å². The van der Waals surface area contributed by atoms with Crippen LogP contribution in [-0.4, -0.2) is 16.5 Å². The molecule has 42 heavy (non-hydrogen) atoms. The van der Waals surface area contributed by atoms with E-state index in [-0.39, 0.29) is 11.8 Å². The molecule has 1 unspecified atom stereocenters. The van der Waals surface area contributed by atoms with Crippen molar-refractivity contribution < 1.29 is 0 Å². The highest BCUT2D eigenvalue weighted by Gasteiger charge is 2.44. The number of hydrogen-bond donors (Lipinski definition) is 3. The average Bonchev–Trinajstić information content (AvgIpc) is 3.58. The molecule has 3 nitrogen and oxygen atoms in total. The van der Waals surface area contributed by atoms with E-state index in [2.05, 4.69) is 131 Å². The lowest BCUT2D eigenvalue weighted by molar-refractivity contribution is 0.732.